The maximum atomic E-state index is 13.7. The van der Waals surface area contributed by atoms with Gasteiger partial charge in [0.15, 0.2) is 11.6 Å². The summed E-state index contributed by atoms with van der Waals surface area (Å²) in [7, 11) is 0. The number of phenols is 1. The molecule has 84 valence electrons. The molecule has 6 heteroatoms. The van der Waals surface area contributed by atoms with Crippen LogP contribution in [0.25, 0.3) is 11.3 Å². The van der Waals surface area contributed by atoms with Crippen LogP contribution in [0, 0.1) is 12.7 Å². The second-order valence-corrected chi connectivity index (χ2v) is 3.71. The number of halogens is 2. The van der Waals surface area contributed by atoms with E-state index in [9.17, 15) is 9.50 Å². The van der Waals surface area contributed by atoms with Gasteiger partial charge in [0, 0.05) is 11.6 Å². The topological polar surface area (TPSA) is 72.3 Å². The summed E-state index contributed by atoms with van der Waals surface area (Å²) in [4.78, 5) is 0. The van der Waals surface area contributed by atoms with Crippen LogP contribution in [0.2, 0.25) is 5.02 Å². The Morgan fingerprint density at radius 2 is 2.19 bits per heavy atom. The van der Waals surface area contributed by atoms with Crippen molar-refractivity contribution in [2.45, 2.75) is 6.92 Å². The average molecular weight is 243 g/mol. The van der Waals surface area contributed by atoms with Crippen LogP contribution in [0.1, 0.15) is 5.56 Å². The van der Waals surface area contributed by atoms with E-state index >= 15 is 0 Å². The number of nitrogens with two attached hydrogens (primary N) is 1. The third-order valence-electron chi connectivity index (χ3n) is 2.16. The van der Waals surface area contributed by atoms with Crippen LogP contribution in [-0.4, -0.2) is 10.3 Å². The summed E-state index contributed by atoms with van der Waals surface area (Å²) in [6, 6.07) is 2.83. The number of hydrogen-bond acceptors (Lipinski definition) is 4. The molecule has 3 N–H and O–H groups in total. The first-order valence-electron chi connectivity index (χ1n) is 4.41. The minimum atomic E-state index is -0.844. The lowest BCUT2D eigenvalue weighted by Crippen LogP contribution is -1.89. The fraction of sp³-hybridized carbons (Fsp3) is 0.100. The van der Waals surface area contributed by atoms with Gasteiger partial charge in [-0.15, -0.1) is 0 Å². The van der Waals surface area contributed by atoms with Gasteiger partial charge < -0.3 is 15.4 Å². The number of aromatic hydroxyl groups is 1. The Morgan fingerprint density at radius 3 is 2.75 bits per heavy atom. The zero-order chi connectivity index (χ0) is 11.9. The summed E-state index contributed by atoms with van der Waals surface area (Å²) in [6.07, 6.45) is 0. The van der Waals surface area contributed by atoms with Crippen LogP contribution >= 0.6 is 11.6 Å². The Labute approximate surface area is 95.4 Å². The number of aryl methyl sites for hydroxylation is 1. The van der Waals surface area contributed by atoms with Crippen molar-refractivity contribution in [2.75, 3.05) is 5.73 Å². The van der Waals surface area contributed by atoms with E-state index < -0.39 is 11.6 Å². The van der Waals surface area contributed by atoms with Crippen molar-refractivity contribution >= 4 is 17.5 Å². The minimum Gasteiger partial charge on any atom is -0.504 e. The van der Waals surface area contributed by atoms with E-state index in [2.05, 4.69) is 9.68 Å². The van der Waals surface area contributed by atoms with Crippen molar-refractivity contribution < 1.29 is 14.0 Å². The highest BCUT2D eigenvalue weighted by molar-refractivity contribution is 6.32. The SMILES string of the molecule is Cc1cc(-c2cc(N)on2)c(F)c(O)c1Cl. The van der Waals surface area contributed by atoms with Gasteiger partial charge in [-0.2, -0.15) is 0 Å². The van der Waals surface area contributed by atoms with E-state index in [-0.39, 0.29) is 22.2 Å². The van der Waals surface area contributed by atoms with Crippen LogP contribution in [0.4, 0.5) is 10.3 Å². The lowest BCUT2D eigenvalue weighted by molar-refractivity contribution is 0.429. The third kappa shape index (κ3) is 1.59. The Morgan fingerprint density at radius 1 is 1.50 bits per heavy atom. The molecule has 16 heavy (non-hydrogen) atoms. The van der Waals surface area contributed by atoms with Gasteiger partial charge in [-0.05, 0) is 18.6 Å². The normalized spacial score (nSPS) is 10.7. The molecule has 0 aliphatic heterocycles. The standard InChI is InChI=1S/C10H8ClFN2O2/c1-4-2-5(6-3-7(13)16-14-6)9(12)10(15)8(4)11/h2-3,15H,13H2,1H3. The van der Waals surface area contributed by atoms with Gasteiger partial charge in [0.05, 0.1) is 5.02 Å². The molecule has 0 bridgehead atoms. The first-order valence-corrected chi connectivity index (χ1v) is 4.78. The molecule has 0 atom stereocenters. The fourth-order valence-corrected chi connectivity index (χ4v) is 1.49. The average Bonchev–Trinajstić information content (AvgIpc) is 2.67. The Balaban J connectivity index is 2.66. The number of aromatic nitrogens is 1. The molecule has 0 saturated carbocycles. The maximum Gasteiger partial charge on any atom is 0.222 e. The van der Waals surface area contributed by atoms with Crippen LogP contribution < -0.4 is 5.73 Å². The van der Waals surface area contributed by atoms with E-state index in [0.29, 0.717) is 5.56 Å². The molecule has 0 saturated heterocycles. The van der Waals surface area contributed by atoms with Gasteiger partial charge in [0.2, 0.25) is 5.88 Å². The molecule has 0 aliphatic rings. The van der Waals surface area contributed by atoms with Crippen molar-refractivity contribution in [2.24, 2.45) is 0 Å². The minimum absolute atomic E-state index is 0.0160. The molecule has 0 unspecified atom stereocenters. The molecule has 2 rings (SSSR count). The van der Waals surface area contributed by atoms with Crippen LogP contribution in [0.3, 0.4) is 0 Å². The molecule has 2 aromatic rings. The number of hydrogen-bond donors (Lipinski definition) is 2. The number of nitrogen functional groups attached to an aromatic ring is 1. The fourth-order valence-electron chi connectivity index (χ4n) is 1.36. The molecule has 4 nitrogen and oxygen atoms in total. The highest BCUT2D eigenvalue weighted by Crippen LogP contribution is 2.36. The molecule has 1 heterocycles. The summed E-state index contributed by atoms with van der Waals surface area (Å²) in [5.74, 6) is -1.37. The summed E-state index contributed by atoms with van der Waals surface area (Å²) in [6.45, 7) is 1.65. The largest absolute Gasteiger partial charge is 0.504 e. The van der Waals surface area contributed by atoms with E-state index in [0.717, 1.165) is 0 Å². The van der Waals surface area contributed by atoms with Crippen LogP contribution in [0.15, 0.2) is 16.7 Å². The Kier molecular flexibility index (Phi) is 2.47. The molecule has 0 radical (unpaired) electrons. The van der Waals surface area contributed by atoms with E-state index in [1.165, 1.54) is 12.1 Å². The lowest BCUT2D eigenvalue weighted by atomic mass is 10.1. The van der Waals surface area contributed by atoms with E-state index in [1.807, 2.05) is 0 Å². The highest BCUT2D eigenvalue weighted by atomic mass is 35.5. The quantitative estimate of drug-likeness (QED) is 0.807. The highest BCUT2D eigenvalue weighted by Gasteiger charge is 2.17. The van der Waals surface area contributed by atoms with Crippen LogP contribution in [0.5, 0.6) is 5.75 Å². The number of rotatable bonds is 1. The van der Waals surface area contributed by atoms with Crippen molar-refractivity contribution in [3.8, 4) is 17.0 Å². The second-order valence-electron chi connectivity index (χ2n) is 3.33. The lowest BCUT2D eigenvalue weighted by Gasteiger charge is -2.06. The predicted octanol–water partition coefficient (Wildman–Crippen LogP) is 2.73. The van der Waals surface area contributed by atoms with Crippen LogP contribution in [-0.2, 0) is 0 Å². The van der Waals surface area contributed by atoms with Gasteiger partial charge >= 0.3 is 0 Å². The molecular weight excluding hydrogens is 235 g/mol. The van der Waals surface area contributed by atoms with Gasteiger partial charge in [0.1, 0.15) is 5.69 Å². The molecule has 0 aliphatic carbocycles. The zero-order valence-electron chi connectivity index (χ0n) is 8.29. The zero-order valence-corrected chi connectivity index (χ0v) is 9.05. The Bertz CT molecular complexity index is 554. The van der Waals surface area contributed by atoms with Gasteiger partial charge in [-0.25, -0.2) is 4.39 Å². The van der Waals surface area contributed by atoms with Gasteiger partial charge in [0.25, 0.3) is 0 Å². The number of benzene rings is 1. The van der Waals surface area contributed by atoms with Crippen molar-refractivity contribution in [1.82, 2.24) is 5.16 Å². The number of phenolic OH excluding ortho intramolecular Hbond substituents is 1. The Hall–Kier alpha value is -1.75. The van der Waals surface area contributed by atoms with Gasteiger partial charge in [-0.3, -0.25) is 0 Å². The summed E-state index contributed by atoms with van der Waals surface area (Å²) in [5.41, 5.74) is 6.18. The van der Waals surface area contributed by atoms with E-state index in [4.69, 9.17) is 17.3 Å². The first kappa shape index (κ1) is 10.8. The summed E-state index contributed by atoms with van der Waals surface area (Å²) >= 11 is 5.69. The monoisotopic (exact) mass is 242 g/mol. The number of nitrogens with zero attached hydrogens (tertiary/aromatic N) is 1. The maximum absolute atomic E-state index is 13.7. The second kappa shape index (κ2) is 3.68. The van der Waals surface area contributed by atoms with E-state index in [1.54, 1.807) is 6.92 Å². The number of anilines is 1. The summed E-state index contributed by atoms with van der Waals surface area (Å²) in [5, 5.41) is 13.0. The van der Waals surface area contributed by atoms with Crippen molar-refractivity contribution in [3.63, 3.8) is 0 Å². The van der Waals surface area contributed by atoms with Gasteiger partial charge in [-0.1, -0.05) is 16.8 Å². The molecule has 0 amide bonds. The smallest absolute Gasteiger partial charge is 0.222 e. The predicted molar refractivity (Wildman–Crippen MR) is 57.7 cm³/mol. The van der Waals surface area contributed by atoms with Crippen molar-refractivity contribution in [3.05, 3.63) is 28.5 Å². The molecular formula is C10H8ClFN2O2. The first-order chi connectivity index (χ1) is 7.50. The summed E-state index contributed by atoms with van der Waals surface area (Å²) < 4.78 is 18.3. The molecule has 1 aromatic carbocycles. The molecule has 0 spiro atoms. The molecule has 1 aromatic heterocycles. The third-order valence-corrected chi connectivity index (χ3v) is 2.64. The van der Waals surface area contributed by atoms with Crippen molar-refractivity contribution in [1.29, 1.82) is 0 Å². The molecule has 0 fully saturated rings.